The van der Waals surface area contributed by atoms with Crippen LogP contribution in [-0.2, 0) is 28.8 Å². The molecule has 1 saturated heterocycles. The fraction of sp³-hybridized carbons (Fsp3) is 0.571. The average Bonchev–Trinajstić information content (AvgIpc) is 3.55. The Morgan fingerprint density at radius 3 is 2.76 bits per heavy atom. The highest BCUT2D eigenvalue weighted by molar-refractivity contribution is 5.76. The van der Waals surface area contributed by atoms with Crippen molar-refractivity contribution in [3.05, 3.63) is 58.9 Å². The second kappa shape index (κ2) is 10.9. The van der Waals surface area contributed by atoms with Crippen LogP contribution in [0.5, 0.6) is 5.75 Å². The number of likely N-dealkylation sites (tertiary alicyclic amines) is 1. The van der Waals surface area contributed by atoms with Crippen LogP contribution in [0.2, 0.25) is 0 Å². The zero-order chi connectivity index (χ0) is 23.3. The zero-order valence-corrected chi connectivity index (χ0v) is 20.0. The normalized spacial score (nSPS) is 21.2. The van der Waals surface area contributed by atoms with Gasteiger partial charge in [0.05, 0.1) is 12.2 Å². The SMILES string of the molecule is O=C(O)[C@@H](c1ccccc1OC1CC1)N1CC[C@@H](OCCCCc2ccc3c(n2)CCCC3)C1. The van der Waals surface area contributed by atoms with Crippen LogP contribution >= 0.6 is 0 Å². The summed E-state index contributed by atoms with van der Waals surface area (Å²) in [5.41, 5.74) is 4.69. The minimum absolute atomic E-state index is 0.0835. The third-order valence-electron chi connectivity index (χ3n) is 7.22. The van der Waals surface area contributed by atoms with Gasteiger partial charge in [-0.2, -0.15) is 0 Å². The number of aryl methyl sites for hydroxylation is 3. The maximum atomic E-state index is 12.2. The van der Waals surface area contributed by atoms with Crippen LogP contribution in [0.1, 0.15) is 73.5 Å². The molecular formula is C28H36N2O4. The fourth-order valence-electron chi connectivity index (χ4n) is 5.21. The second-order valence-electron chi connectivity index (χ2n) is 9.94. The van der Waals surface area contributed by atoms with E-state index in [1.165, 1.54) is 36.2 Å². The molecule has 2 heterocycles. The van der Waals surface area contributed by atoms with Crippen molar-refractivity contribution in [2.75, 3.05) is 19.7 Å². The molecule has 182 valence electrons. The monoisotopic (exact) mass is 464 g/mol. The van der Waals surface area contributed by atoms with Crippen molar-refractivity contribution in [1.29, 1.82) is 0 Å². The zero-order valence-electron chi connectivity index (χ0n) is 20.0. The summed E-state index contributed by atoms with van der Waals surface area (Å²) < 4.78 is 12.2. The number of fused-ring (bicyclic) bond motifs is 1. The molecule has 0 amide bonds. The van der Waals surface area contributed by atoms with Crippen molar-refractivity contribution < 1.29 is 19.4 Å². The molecule has 2 atom stereocenters. The molecular weight excluding hydrogens is 428 g/mol. The van der Waals surface area contributed by atoms with E-state index in [1.54, 1.807) is 0 Å². The Labute approximate surface area is 202 Å². The van der Waals surface area contributed by atoms with E-state index >= 15 is 0 Å². The summed E-state index contributed by atoms with van der Waals surface area (Å²) in [6.45, 7) is 2.07. The Morgan fingerprint density at radius 2 is 1.91 bits per heavy atom. The first kappa shape index (κ1) is 23.3. The molecule has 2 fully saturated rings. The van der Waals surface area contributed by atoms with E-state index in [0.29, 0.717) is 18.9 Å². The maximum Gasteiger partial charge on any atom is 0.325 e. The molecule has 2 aliphatic carbocycles. The third-order valence-corrected chi connectivity index (χ3v) is 7.22. The summed E-state index contributed by atoms with van der Waals surface area (Å²) in [6.07, 6.45) is 11.2. The molecule has 34 heavy (non-hydrogen) atoms. The van der Waals surface area contributed by atoms with Crippen molar-refractivity contribution in [3.8, 4) is 5.75 Å². The van der Waals surface area contributed by atoms with Gasteiger partial charge in [-0.25, -0.2) is 0 Å². The summed E-state index contributed by atoms with van der Waals surface area (Å²) in [5.74, 6) is -0.123. The first-order valence-corrected chi connectivity index (χ1v) is 13.0. The summed E-state index contributed by atoms with van der Waals surface area (Å²) in [6, 6.07) is 11.4. The number of hydrogen-bond donors (Lipinski definition) is 1. The van der Waals surface area contributed by atoms with Crippen molar-refractivity contribution in [2.24, 2.45) is 0 Å². The van der Waals surface area contributed by atoms with Gasteiger partial charge in [-0.3, -0.25) is 14.7 Å². The molecule has 0 radical (unpaired) electrons. The number of pyridine rings is 1. The molecule has 2 aromatic rings. The lowest BCUT2D eigenvalue weighted by Crippen LogP contribution is -2.33. The number of carboxylic acid groups (broad SMARTS) is 1. The maximum absolute atomic E-state index is 12.2. The van der Waals surface area contributed by atoms with Crippen LogP contribution in [0.25, 0.3) is 0 Å². The van der Waals surface area contributed by atoms with Crippen LogP contribution in [0.3, 0.4) is 0 Å². The topological polar surface area (TPSA) is 71.9 Å². The lowest BCUT2D eigenvalue weighted by Gasteiger charge is -2.26. The minimum atomic E-state index is -0.829. The van der Waals surface area contributed by atoms with Crippen LogP contribution < -0.4 is 4.74 Å². The van der Waals surface area contributed by atoms with Crippen LogP contribution in [0, 0.1) is 0 Å². The Morgan fingerprint density at radius 1 is 1.06 bits per heavy atom. The summed E-state index contributed by atoms with van der Waals surface area (Å²) in [4.78, 5) is 19.1. The second-order valence-corrected chi connectivity index (χ2v) is 9.94. The predicted molar refractivity (Wildman–Crippen MR) is 130 cm³/mol. The smallest absolute Gasteiger partial charge is 0.325 e. The number of nitrogens with zero attached hydrogens (tertiary/aromatic N) is 2. The van der Waals surface area contributed by atoms with Gasteiger partial charge in [-0.15, -0.1) is 0 Å². The van der Waals surface area contributed by atoms with Crippen molar-refractivity contribution in [3.63, 3.8) is 0 Å². The quantitative estimate of drug-likeness (QED) is 0.484. The third kappa shape index (κ3) is 5.78. The number of rotatable bonds is 11. The highest BCUT2D eigenvalue weighted by atomic mass is 16.5. The summed E-state index contributed by atoms with van der Waals surface area (Å²) in [5, 5.41) is 10.0. The minimum Gasteiger partial charge on any atom is -0.490 e. The lowest BCUT2D eigenvalue weighted by molar-refractivity contribution is -0.143. The van der Waals surface area contributed by atoms with E-state index in [-0.39, 0.29) is 12.2 Å². The van der Waals surface area contributed by atoms with Gasteiger partial charge in [-0.05, 0) is 81.9 Å². The molecule has 6 heteroatoms. The number of ether oxygens (including phenoxy) is 2. The van der Waals surface area contributed by atoms with Gasteiger partial charge in [0.25, 0.3) is 0 Å². The molecule has 1 N–H and O–H groups in total. The number of aromatic nitrogens is 1. The van der Waals surface area contributed by atoms with E-state index in [1.807, 2.05) is 29.2 Å². The van der Waals surface area contributed by atoms with Crippen molar-refractivity contribution in [2.45, 2.75) is 82.5 Å². The molecule has 1 aliphatic heterocycles. The number of benzene rings is 1. The number of carbonyl (C=O) groups is 1. The standard InChI is InChI=1S/C28H36N2O4/c31-28(32)27(24-9-2-4-11-26(24)34-22-14-15-22)30-17-16-23(19-30)33-18-6-5-8-21-13-12-20-7-1-3-10-25(20)29-21/h2,4,9,11-13,22-23,27H,1,3,5-8,10,14-19H2,(H,31,32)/t23-,27-/m1/s1. The van der Waals surface area contributed by atoms with Crippen LogP contribution in [-0.4, -0.2) is 52.9 Å². The Bertz CT molecular complexity index is 990. The number of hydrogen-bond acceptors (Lipinski definition) is 5. The average molecular weight is 465 g/mol. The predicted octanol–water partition coefficient (Wildman–Crippen LogP) is 4.74. The molecule has 0 bridgehead atoms. The number of aliphatic carboxylic acids is 1. The van der Waals surface area contributed by atoms with Gasteiger partial charge in [0.15, 0.2) is 0 Å². The van der Waals surface area contributed by atoms with E-state index in [9.17, 15) is 9.90 Å². The largest absolute Gasteiger partial charge is 0.490 e. The van der Waals surface area contributed by atoms with Gasteiger partial charge in [0, 0.05) is 36.6 Å². The Balaban J connectivity index is 1.08. The number of carboxylic acids is 1. The van der Waals surface area contributed by atoms with E-state index in [4.69, 9.17) is 14.5 Å². The lowest BCUT2D eigenvalue weighted by atomic mass is 9.95. The fourth-order valence-corrected chi connectivity index (χ4v) is 5.21. The molecule has 6 nitrogen and oxygen atoms in total. The molecule has 0 unspecified atom stereocenters. The molecule has 1 saturated carbocycles. The summed E-state index contributed by atoms with van der Waals surface area (Å²) >= 11 is 0. The molecule has 1 aromatic carbocycles. The van der Waals surface area contributed by atoms with Crippen LogP contribution in [0.15, 0.2) is 36.4 Å². The van der Waals surface area contributed by atoms with E-state index in [2.05, 4.69) is 12.1 Å². The summed E-state index contributed by atoms with van der Waals surface area (Å²) in [7, 11) is 0. The molecule has 1 aromatic heterocycles. The first-order chi connectivity index (χ1) is 16.7. The number of unbranched alkanes of at least 4 members (excludes halogenated alkanes) is 1. The van der Waals surface area contributed by atoms with Gasteiger partial charge in [0.1, 0.15) is 11.8 Å². The van der Waals surface area contributed by atoms with Gasteiger partial charge in [0.2, 0.25) is 0 Å². The Kier molecular flexibility index (Phi) is 7.45. The van der Waals surface area contributed by atoms with Crippen LogP contribution in [0.4, 0.5) is 0 Å². The van der Waals surface area contributed by atoms with Gasteiger partial charge < -0.3 is 14.6 Å². The van der Waals surface area contributed by atoms with Crippen molar-refractivity contribution in [1.82, 2.24) is 9.88 Å². The van der Waals surface area contributed by atoms with Crippen molar-refractivity contribution >= 4 is 5.97 Å². The van der Waals surface area contributed by atoms with Gasteiger partial charge in [-0.1, -0.05) is 24.3 Å². The number of para-hydroxylation sites is 1. The first-order valence-electron chi connectivity index (χ1n) is 13.0. The highest BCUT2D eigenvalue weighted by Crippen LogP contribution is 2.36. The van der Waals surface area contributed by atoms with E-state index < -0.39 is 12.0 Å². The van der Waals surface area contributed by atoms with Gasteiger partial charge >= 0.3 is 5.97 Å². The highest BCUT2D eigenvalue weighted by Gasteiger charge is 2.36. The van der Waals surface area contributed by atoms with E-state index in [0.717, 1.165) is 57.1 Å². The Hall–Kier alpha value is -2.44. The molecule has 0 spiro atoms. The molecule has 5 rings (SSSR count). The molecule has 3 aliphatic rings.